The molecule has 1 amide bonds. The number of aliphatic hydroxyl groups is 2. The molecule has 2 saturated carbocycles. The van der Waals surface area contributed by atoms with Crippen LogP contribution < -0.4 is 5.32 Å². The lowest BCUT2D eigenvalue weighted by atomic mass is 9.91. The summed E-state index contributed by atoms with van der Waals surface area (Å²) in [6, 6.07) is 4.05. The third-order valence-corrected chi connectivity index (χ3v) is 7.60. The van der Waals surface area contributed by atoms with Crippen molar-refractivity contribution in [2.45, 2.75) is 49.2 Å². The van der Waals surface area contributed by atoms with Gasteiger partial charge in [-0.25, -0.2) is 9.37 Å². The van der Waals surface area contributed by atoms with Gasteiger partial charge < -0.3 is 24.8 Å². The SMILES string of the molecule is Cn1cnc(C2CC3CC(O)(C#CC4(O)CCOC4)CC3C2)c1C(=O)Nc1ccc(F)c(Cl)c1. The van der Waals surface area contributed by atoms with Crippen LogP contribution in [-0.2, 0) is 11.8 Å². The Labute approximate surface area is 202 Å². The van der Waals surface area contributed by atoms with Gasteiger partial charge in [0.1, 0.15) is 17.1 Å². The largest absolute Gasteiger partial charge is 0.378 e. The van der Waals surface area contributed by atoms with Crippen molar-refractivity contribution >= 4 is 23.2 Å². The molecule has 3 aliphatic rings. The monoisotopic (exact) mass is 487 g/mol. The van der Waals surface area contributed by atoms with Crippen molar-refractivity contribution in [1.82, 2.24) is 9.55 Å². The maximum Gasteiger partial charge on any atom is 0.274 e. The first-order chi connectivity index (χ1) is 16.1. The van der Waals surface area contributed by atoms with E-state index in [1.807, 2.05) is 0 Å². The highest BCUT2D eigenvalue weighted by molar-refractivity contribution is 6.31. The van der Waals surface area contributed by atoms with Crippen LogP contribution >= 0.6 is 11.6 Å². The van der Waals surface area contributed by atoms with Gasteiger partial charge in [-0.05, 0) is 55.7 Å². The first-order valence-corrected chi connectivity index (χ1v) is 11.9. The van der Waals surface area contributed by atoms with Crippen molar-refractivity contribution in [3.63, 3.8) is 0 Å². The molecule has 1 aromatic heterocycles. The van der Waals surface area contributed by atoms with E-state index in [0.717, 1.165) is 18.5 Å². The summed E-state index contributed by atoms with van der Waals surface area (Å²) in [7, 11) is 1.77. The van der Waals surface area contributed by atoms with Gasteiger partial charge in [0.05, 0.1) is 30.3 Å². The van der Waals surface area contributed by atoms with Crippen molar-refractivity contribution in [1.29, 1.82) is 0 Å². The molecular formula is C25H27ClFN3O4. The highest BCUT2D eigenvalue weighted by atomic mass is 35.5. The summed E-state index contributed by atoms with van der Waals surface area (Å²) in [6.45, 7) is 0.657. The van der Waals surface area contributed by atoms with Crippen LogP contribution in [0.25, 0.3) is 0 Å². The van der Waals surface area contributed by atoms with Crippen LogP contribution in [-0.4, -0.2) is 50.1 Å². The maximum absolute atomic E-state index is 13.5. The van der Waals surface area contributed by atoms with E-state index in [2.05, 4.69) is 22.1 Å². The number of rotatable bonds is 3. The molecule has 1 aliphatic heterocycles. The molecule has 3 atom stereocenters. The number of aryl methyl sites for hydroxylation is 1. The van der Waals surface area contributed by atoms with E-state index in [0.29, 0.717) is 37.3 Å². The molecule has 0 spiro atoms. The highest BCUT2D eigenvalue weighted by Gasteiger charge is 2.49. The number of benzene rings is 1. The summed E-state index contributed by atoms with van der Waals surface area (Å²) in [4.78, 5) is 17.6. The smallest absolute Gasteiger partial charge is 0.274 e. The van der Waals surface area contributed by atoms with Crippen LogP contribution in [0.2, 0.25) is 5.02 Å². The number of halogens is 2. The van der Waals surface area contributed by atoms with E-state index in [1.165, 1.54) is 18.2 Å². The van der Waals surface area contributed by atoms with Crippen LogP contribution in [0.4, 0.5) is 10.1 Å². The molecule has 3 fully saturated rings. The number of hydrogen-bond acceptors (Lipinski definition) is 5. The molecule has 5 rings (SSSR count). The molecule has 7 nitrogen and oxygen atoms in total. The molecule has 1 aromatic carbocycles. The Hall–Kier alpha value is -2.44. The molecule has 3 unspecified atom stereocenters. The zero-order valence-corrected chi connectivity index (χ0v) is 19.6. The van der Waals surface area contributed by atoms with Gasteiger partial charge >= 0.3 is 0 Å². The molecule has 34 heavy (non-hydrogen) atoms. The predicted molar refractivity (Wildman–Crippen MR) is 124 cm³/mol. The van der Waals surface area contributed by atoms with Gasteiger partial charge in [-0.3, -0.25) is 4.79 Å². The Morgan fingerprint density at radius 1 is 1.26 bits per heavy atom. The van der Waals surface area contributed by atoms with Crippen molar-refractivity contribution < 1.29 is 24.1 Å². The second-order valence-electron chi connectivity index (χ2n) is 9.88. The van der Waals surface area contributed by atoms with Gasteiger partial charge in [0.2, 0.25) is 0 Å². The minimum absolute atomic E-state index is 0.0604. The number of nitrogens with one attached hydrogen (secondary N) is 1. The number of hydrogen-bond donors (Lipinski definition) is 3. The zero-order valence-electron chi connectivity index (χ0n) is 18.9. The molecule has 0 bridgehead atoms. The van der Waals surface area contributed by atoms with E-state index in [4.69, 9.17) is 16.3 Å². The Kier molecular flexibility index (Phi) is 5.93. The number of aromatic nitrogens is 2. The van der Waals surface area contributed by atoms with E-state index in [9.17, 15) is 19.4 Å². The van der Waals surface area contributed by atoms with Crippen LogP contribution in [0, 0.1) is 29.5 Å². The molecule has 2 aromatic rings. The van der Waals surface area contributed by atoms with E-state index < -0.39 is 17.0 Å². The summed E-state index contributed by atoms with van der Waals surface area (Å²) in [6.07, 6.45) is 4.78. The fraction of sp³-hybridized carbons (Fsp3) is 0.520. The normalized spacial score (nSPS) is 32.3. The summed E-state index contributed by atoms with van der Waals surface area (Å²) < 4.78 is 20.4. The summed E-state index contributed by atoms with van der Waals surface area (Å²) >= 11 is 5.84. The Balaban J connectivity index is 1.28. The van der Waals surface area contributed by atoms with E-state index in [1.54, 1.807) is 17.9 Å². The molecule has 180 valence electrons. The topological polar surface area (TPSA) is 96.6 Å². The van der Waals surface area contributed by atoms with Crippen molar-refractivity contribution in [3.8, 4) is 11.8 Å². The molecule has 1 saturated heterocycles. The number of ether oxygens (including phenoxy) is 1. The minimum Gasteiger partial charge on any atom is -0.378 e. The Bertz CT molecular complexity index is 1170. The van der Waals surface area contributed by atoms with Crippen molar-refractivity contribution in [2.24, 2.45) is 18.9 Å². The summed E-state index contributed by atoms with van der Waals surface area (Å²) in [5.41, 5.74) is -0.672. The van der Waals surface area contributed by atoms with Crippen LogP contribution in [0.15, 0.2) is 24.5 Å². The fourth-order valence-electron chi connectivity index (χ4n) is 5.66. The van der Waals surface area contributed by atoms with Gasteiger partial charge in [0.15, 0.2) is 5.60 Å². The standard InChI is InChI=1S/C25H27ClFN3O4/c1-30-14-28-21(22(30)23(31)29-18-2-3-20(27)19(26)10-18)15-8-16-11-25(33,12-17(16)9-15)5-4-24(32)6-7-34-13-24/h2-3,10,14-17,32-33H,6-9,11-13H2,1H3,(H,29,31). The maximum atomic E-state index is 13.5. The van der Waals surface area contributed by atoms with Gasteiger partial charge in [-0.15, -0.1) is 0 Å². The van der Waals surface area contributed by atoms with Gasteiger partial charge in [0, 0.05) is 25.1 Å². The second-order valence-corrected chi connectivity index (χ2v) is 10.3. The number of imidazole rings is 1. The second kappa shape index (κ2) is 8.65. The minimum atomic E-state index is -1.17. The lowest BCUT2D eigenvalue weighted by Crippen LogP contribution is -2.29. The van der Waals surface area contributed by atoms with Gasteiger partial charge in [-0.1, -0.05) is 23.4 Å². The van der Waals surface area contributed by atoms with Gasteiger partial charge in [-0.2, -0.15) is 0 Å². The lowest BCUT2D eigenvalue weighted by Gasteiger charge is -2.20. The molecule has 3 N–H and O–H groups in total. The molecule has 9 heteroatoms. The number of amides is 1. The number of anilines is 1. The van der Waals surface area contributed by atoms with Crippen molar-refractivity contribution in [2.75, 3.05) is 18.5 Å². The Morgan fingerprint density at radius 3 is 2.62 bits per heavy atom. The first kappa shape index (κ1) is 23.3. The summed E-state index contributed by atoms with van der Waals surface area (Å²) in [5, 5.41) is 24.2. The average Bonchev–Trinajstić information content (AvgIpc) is 3.53. The predicted octanol–water partition coefficient (Wildman–Crippen LogP) is 3.25. The van der Waals surface area contributed by atoms with E-state index in [-0.39, 0.29) is 35.3 Å². The van der Waals surface area contributed by atoms with Crippen molar-refractivity contribution in [3.05, 3.63) is 46.8 Å². The molecule has 2 heterocycles. The highest BCUT2D eigenvalue weighted by Crippen LogP contribution is 2.53. The van der Waals surface area contributed by atoms with Gasteiger partial charge in [0.25, 0.3) is 5.91 Å². The fourth-order valence-corrected chi connectivity index (χ4v) is 5.84. The number of fused-ring (bicyclic) bond motifs is 1. The van der Waals surface area contributed by atoms with E-state index >= 15 is 0 Å². The third kappa shape index (κ3) is 4.46. The number of carbonyl (C=O) groups is 1. The molecule has 2 aliphatic carbocycles. The number of carbonyl (C=O) groups excluding carboxylic acids is 1. The Morgan fingerprint density at radius 2 is 1.97 bits per heavy atom. The quantitative estimate of drug-likeness (QED) is 0.577. The van der Waals surface area contributed by atoms with Crippen LogP contribution in [0.3, 0.4) is 0 Å². The van der Waals surface area contributed by atoms with Crippen LogP contribution in [0.5, 0.6) is 0 Å². The zero-order chi connectivity index (χ0) is 24.1. The number of nitrogens with zero attached hydrogens (tertiary/aromatic N) is 2. The average molecular weight is 488 g/mol. The molecule has 0 radical (unpaired) electrons. The molecular weight excluding hydrogens is 461 g/mol. The van der Waals surface area contributed by atoms with Crippen LogP contribution in [0.1, 0.15) is 54.2 Å². The first-order valence-electron chi connectivity index (χ1n) is 11.5. The summed E-state index contributed by atoms with van der Waals surface area (Å²) in [5.74, 6) is 5.57. The third-order valence-electron chi connectivity index (χ3n) is 7.31. The lowest BCUT2D eigenvalue weighted by molar-refractivity contribution is 0.0724.